The molecule has 0 aliphatic carbocycles. The van der Waals surface area contributed by atoms with Crippen LogP contribution in [0.3, 0.4) is 0 Å². The molecule has 1 aliphatic heterocycles. The fourth-order valence-electron chi connectivity index (χ4n) is 3.47. The molecule has 1 aromatic carbocycles. The van der Waals surface area contributed by atoms with Crippen molar-refractivity contribution >= 4 is 16.9 Å². The number of hydrogen-bond donors (Lipinski definition) is 1. The molecule has 7 heteroatoms. The van der Waals surface area contributed by atoms with Crippen molar-refractivity contribution in [2.24, 2.45) is 7.05 Å². The Bertz CT molecular complexity index is 1060. The van der Waals surface area contributed by atoms with E-state index in [9.17, 15) is 9.59 Å². The van der Waals surface area contributed by atoms with Gasteiger partial charge in [-0.15, -0.1) is 0 Å². The van der Waals surface area contributed by atoms with E-state index < -0.39 is 11.5 Å². The second-order valence-corrected chi connectivity index (χ2v) is 6.75. The average molecular weight is 367 g/mol. The van der Waals surface area contributed by atoms with Crippen molar-refractivity contribution in [3.05, 3.63) is 63.5 Å². The summed E-state index contributed by atoms with van der Waals surface area (Å²) in [6, 6.07) is 9.47. The van der Waals surface area contributed by atoms with E-state index in [4.69, 9.17) is 9.15 Å². The first-order chi connectivity index (χ1) is 13.0. The Morgan fingerprint density at radius 3 is 2.89 bits per heavy atom. The lowest BCUT2D eigenvalue weighted by Crippen LogP contribution is -2.30. The number of amides is 1. The second-order valence-electron chi connectivity index (χ2n) is 6.75. The summed E-state index contributed by atoms with van der Waals surface area (Å²) in [5.74, 6) is 0.733. The van der Waals surface area contributed by atoms with Crippen LogP contribution in [0.1, 0.15) is 46.5 Å². The Morgan fingerprint density at radius 1 is 1.37 bits per heavy atom. The number of carbonyl (C=O) groups is 1. The molecule has 4 rings (SSSR count). The molecular weight excluding hydrogens is 346 g/mol. The van der Waals surface area contributed by atoms with Crippen LogP contribution in [-0.4, -0.2) is 22.1 Å². The number of aromatic nitrogens is 2. The van der Waals surface area contributed by atoms with Gasteiger partial charge in [-0.3, -0.25) is 4.79 Å². The van der Waals surface area contributed by atoms with Crippen molar-refractivity contribution in [3.63, 3.8) is 0 Å². The number of carbonyl (C=O) groups excluding carboxylic acids is 1. The molecule has 3 aromatic rings. The standard InChI is InChI=1S/C20H21N3O4/c1-12-10-16(15-8-5-9-26-15)27-20(25)18(12)19(24)21-11-17-22-13-6-3-4-7-14(13)23(17)2/h3-4,6-7,10,15H,5,8-9,11H2,1-2H3,(H,21,24). The van der Waals surface area contributed by atoms with Gasteiger partial charge < -0.3 is 19.0 Å². The van der Waals surface area contributed by atoms with Gasteiger partial charge in [-0.1, -0.05) is 12.1 Å². The molecule has 3 heterocycles. The van der Waals surface area contributed by atoms with Crippen molar-refractivity contribution in [1.29, 1.82) is 0 Å². The molecule has 1 aliphatic rings. The van der Waals surface area contributed by atoms with E-state index in [1.165, 1.54) is 0 Å². The summed E-state index contributed by atoms with van der Waals surface area (Å²) in [4.78, 5) is 29.5. The molecular formula is C20H21N3O4. The molecule has 0 saturated carbocycles. The van der Waals surface area contributed by atoms with Gasteiger partial charge in [0.15, 0.2) is 0 Å². The number of fused-ring (bicyclic) bond motifs is 1. The number of hydrogen-bond acceptors (Lipinski definition) is 5. The molecule has 7 nitrogen and oxygen atoms in total. The molecule has 0 bridgehead atoms. The zero-order chi connectivity index (χ0) is 19.0. The SMILES string of the molecule is Cc1cc(C2CCCO2)oc(=O)c1C(=O)NCc1nc2ccccc2n1C. The molecule has 0 radical (unpaired) electrons. The summed E-state index contributed by atoms with van der Waals surface area (Å²) in [5, 5.41) is 2.77. The third kappa shape index (κ3) is 3.26. The molecule has 1 fully saturated rings. The van der Waals surface area contributed by atoms with Crippen LogP contribution >= 0.6 is 0 Å². The van der Waals surface area contributed by atoms with Crippen LogP contribution in [0.25, 0.3) is 11.0 Å². The van der Waals surface area contributed by atoms with E-state index in [0.29, 0.717) is 23.8 Å². The van der Waals surface area contributed by atoms with Gasteiger partial charge in [0.25, 0.3) is 5.91 Å². The predicted octanol–water partition coefficient (Wildman–Crippen LogP) is 2.62. The van der Waals surface area contributed by atoms with E-state index in [1.807, 2.05) is 35.9 Å². The van der Waals surface area contributed by atoms with Crippen molar-refractivity contribution < 1.29 is 13.9 Å². The Labute approximate surface area is 156 Å². The highest BCUT2D eigenvalue weighted by Crippen LogP contribution is 2.28. The minimum atomic E-state index is -0.636. The van der Waals surface area contributed by atoms with Gasteiger partial charge in [0, 0.05) is 13.7 Å². The minimum Gasteiger partial charge on any atom is -0.424 e. The Kier molecular flexibility index (Phi) is 4.53. The molecule has 1 amide bonds. The van der Waals surface area contributed by atoms with E-state index in [0.717, 1.165) is 23.9 Å². The molecule has 1 atom stereocenters. The smallest absolute Gasteiger partial charge is 0.349 e. The van der Waals surface area contributed by atoms with Gasteiger partial charge >= 0.3 is 5.63 Å². The van der Waals surface area contributed by atoms with Gasteiger partial charge in [-0.25, -0.2) is 9.78 Å². The summed E-state index contributed by atoms with van der Waals surface area (Å²) >= 11 is 0. The van der Waals surface area contributed by atoms with Crippen LogP contribution in [0, 0.1) is 6.92 Å². The number of imidazole rings is 1. The quantitative estimate of drug-likeness (QED) is 0.766. The topological polar surface area (TPSA) is 86.4 Å². The number of aryl methyl sites for hydroxylation is 2. The maximum absolute atomic E-state index is 12.6. The monoisotopic (exact) mass is 367 g/mol. The largest absolute Gasteiger partial charge is 0.424 e. The highest BCUT2D eigenvalue weighted by atomic mass is 16.5. The second kappa shape index (κ2) is 7.00. The molecule has 2 aromatic heterocycles. The van der Waals surface area contributed by atoms with E-state index >= 15 is 0 Å². The lowest BCUT2D eigenvalue weighted by atomic mass is 10.1. The van der Waals surface area contributed by atoms with E-state index in [-0.39, 0.29) is 18.2 Å². The molecule has 1 N–H and O–H groups in total. The number of nitrogens with one attached hydrogen (secondary N) is 1. The Balaban J connectivity index is 1.54. The summed E-state index contributed by atoms with van der Waals surface area (Å²) < 4.78 is 12.8. The normalized spacial score (nSPS) is 16.7. The van der Waals surface area contributed by atoms with Gasteiger partial charge in [0.2, 0.25) is 0 Å². The molecule has 140 valence electrons. The highest BCUT2D eigenvalue weighted by Gasteiger charge is 2.24. The molecule has 27 heavy (non-hydrogen) atoms. The maximum atomic E-state index is 12.6. The fourth-order valence-corrected chi connectivity index (χ4v) is 3.47. The van der Waals surface area contributed by atoms with Gasteiger partial charge in [-0.05, 0) is 43.5 Å². The first-order valence-corrected chi connectivity index (χ1v) is 8.99. The predicted molar refractivity (Wildman–Crippen MR) is 99.5 cm³/mol. The van der Waals surface area contributed by atoms with Gasteiger partial charge in [0.1, 0.15) is 23.3 Å². The Morgan fingerprint density at radius 2 is 2.19 bits per heavy atom. The number of nitrogens with zero attached hydrogens (tertiary/aromatic N) is 2. The average Bonchev–Trinajstić information content (AvgIpc) is 3.28. The van der Waals surface area contributed by atoms with Crippen LogP contribution in [0.15, 0.2) is 39.5 Å². The third-order valence-corrected chi connectivity index (χ3v) is 4.93. The lowest BCUT2D eigenvalue weighted by Gasteiger charge is -2.11. The van der Waals surface area contributed by atoms with E-state index in [2.05, 4.69) is 10.3 Å². The fraction of sp³-hybridized carbons (Fsp3) is 0.350. The summed E-state index contributed by atoms with van der Waals surface area (Å²) in [6.45, 7) is 2.61. The van der Waals surface area contributed by atoms with Crippen molar-refractivity contribution in [2.75, 3.05) is 6.61 Å². The first kappa shape index (κ1) is 17.5. The zero-order valence-electron chi connectivity index (χ0n) is 15.3. The van der Waals surface area contributed by atoms with E-state index in [1.54, 1.807) is 13.0 Å². The number of ether oxygens (including phenoxy) is 1. The summed E-state index contributed by atoms with van der Waals surface area (Å²) in [7, 11) is 1.90. The number of benzene rings is 1. The van der Waals surface area contributed by atoms with Crippen molar-refractivity contribution in [3.8, 4) is 0 Å². The summed E-state index contributed by atoms with van der Waals surface area (Å²) in [5.41, 5.74) is 1.82. The Hall–Kier alpha value is -2.93. The molecule has 1 unspecified atom stereocenters. The third-order valence-electron chi connectivity index (χ3n) is 4.93. The van der Waals surface area contributed by atoms with Crippen LogP contribution in [0.4, 0.5) is 0 Å². The van der Waals surface area contributed by atoms with Gasteiger partial charge in [-0.2, -0.15) is 0 Å². The molecule has 0 spiro atoms. The lowest BCUT2D eigenvalue weighted by molar-refractivity contribution is 0.0882. The first-order valence-electron chi connectivity index (χ1n) is 8.99. The van der Waals surface area contributed by atoms with Crippen molar-refractivity contribution in [2.45, 2.75) is 32.4 Å². The summed E-state index contributed by atoms with van der Waals surface area (Å²) in [6.07, 6.45) is 1.56. The number of para-hydroxylation sites is 2. The van der Waals surface area contributed by atoms with Crippen LogP contribution in [0.2, 0.25) is 0 Å². The molecule has 1 saturated heterocycles. The highest BCUT2D eigenvalue weighted by molar-refractivity contribution is 5.95. The van der Waals surface area contributed by atoms with Crippen molar-refractivity contribution in [1.82, 2.24) is 14.9 Å². The van der Waals surface area contributed by atoms with Crippen LogP contribution in [0.5, 0.6) is 0 Å². The van der Waals surface area contributed by atoms with Crippen LogP contribution < -0.4 is 10.9 Å². The van der Waals surface area contributed by atoms with Crippen LogP contribution in [-0.2, 0) is 18.3 Å². The zero-order valence-corrected chi connectivity index (χ0v) is 15.3. The number of rotatable bonds is 4. The minimum absolute atomic E-state index is 0.0236. The van der Waals surface area contributed by atoms with Gasteiger partial charge in [0.05, 0.1) is 17.6 Å². The maximum Gasteiger partial charge on any atom is 0.349 e.